The summed E-state index contributed by atoms with van der Waals surface area (Å²) >= 11 is 0. The van der Waals surface area contributed by atoms with E-state index in [-0.39, 0.29) is 17.5 Å². The zero-order valence-electron chi connectivity index (χ0n) is 22.6. The summed E-state index contributed by atoms with van der Waals surface area (Å²) in [6, 6.07) is 12.6. The first-order chi connectivity index (χ1) is 17.7. The molecule has 5 rings (SSSR count). The molecule has 2 aromatic carbocycles. The Balaban J connectivity index is 1.31. The number of aromatic nitrogens is 2. The number of amides is 1. The van der Waals surface area contributed by atoms with Gasteiger partial charge in [-0.2, -0.15) is 5.10 Å². The van der Waals surface area contributed by atoms with E-state index in [1.165, 1.54) is 0 Å². The number of carbonyl (C=O) groups is 1. The molecule has 0 radical (unpaired) electrons. The van der Waals surface area contributed by atoms with E-state index in [4.69, 9.17) is 9.47 Å². The van der Waals surface area contributed by atoms with Crippen molar-refractivity contribution < 1.29 is 14.3 Å². The van der Waals surface area contributed by atoms with Crippen molar-refractivity contribution in [3.63, 3.8) is 0 Å². The molecular weight excluding hydrogens is 466 g/mol. The average molecular weight is 504 g/mol. The lowest BCUT2D eigenvalue weighted by Gasteiger charge is -2.70. The number of benzene rings is 2. The second-order valence-electron chi connectivity index (χ2n) is 10.5. The summed E-state index contributed by atoms with van der Waals surface area (Å²) in [5.74, 6) is 0.673. The highest BCUT2D eigenvalue weighted by molar-refractivity contribution is 5.97. The summed E-state index contributed by atoms with van der Waals surface area (Å²) in [5, 5.41) is 7.49. The maximum Gasteiger partial charge on any atom is 0.252 e. The summed E-state index contributed by atoms with van der Waals surface area (Å²) in [6.07, 6.45) is 3.80. The molecule has 2 fully saturated rings. The van der Waals surface area contributed by atoms with Crippen LogP contribution in [0.25, 0.3) is 11.1 Å². The summed E-state index contributed by atoms with van der Waals surface area (Å²) in [5.41, 5.74) is 5.88. The Morgan fingerprint density at radius 1 is 1.22 bits per heavy atom. The minimum atomic E-state index is -0.201. The monoisotopic (exact) mass is 503 g/mol. The third kappa shape index (κ3) is 4.60. The first kappa shape index (κ1) is 25.3. The number of aryl methyl sites for hydroxylation is 2. The molecule has 0 bridgehead atoms. The van der Waals surface area contributed by atoms with Crippen molar-refractivity contribution in [3.05, 3.63) is 65.5 Å². The number of likely N-dealkylation sites (tertiary alicyclic amines) is 1. The van der Waals surface area contributed by atoms with E-state index in [1.807, 2.05) is 51.5 Å². The van der Waals surface area contributed by atoms with Gasteiger partial charge in [-0.25, -0.2) is 0 Å². The van der Waals surface area contributed by atoms with Crippen LogP contribution in [0.4, 0.5) is 5.69 Å². The van der Waals surface area contributed by atoms with Crippen LogP contribution in [0.2, 0.25) is 0 Å². The molecule has 3 unspecified atom stereocenters. The van der Waals surface area contributed by atoms with Crippen molar-refractivity contribution in [1.29, 1.82) is 0 Å². The molecule has 2 aliphatic heterocycles. The number of carbonyl (C=O) groups excluding carboxylic acids is 1. The number of nitrogens with one attached hydrogen (secondary N) is 1. The summed E-state index contributed by atoms with van der Waals surface area (Å²) in [4.78, 5) is 18.4. The number of anilines is 1. The summed E-state index contributed by atoms with van der Waals surface area (Å²) < 4.78 is 12.6. The first-order valence-corrected chi connectivity index (χ1v) is 12.8. The third-order valence-corrected chi connectivity index (χ3v) is 8.06. The predicted molar refractivity (Wildman–Crippen MR) is 145 cm³/mol. The smallest absolute Gasteiger partial charge is 0.252 e. The Hall–Kier alpha value is -3.36. The molecule has 37 heavy (non-hydrogen) atoms. The highest BCUT2D eigenvalue weighted by Crippen LogP contribution is 2.46. The number of fused-ring (bicyclic) bond motifs is 1. The van der Waals surface area contributed by atoms with Crippen LogP contribution in [0.1, 0.15) is 41.4 Å². The van der Waals surface area contributed by atoms with Gasteiger partial charge in [-0.15, -0.1) is 0 Å². The van der Waals surface area contributed by atoms with Gasteiger partial charge in [0.25, 0.3) is 5.91 Å². The number of rotatable bonds is 9. The zero-order chi connectivity index (χ0) is 26.3. The van der Waals surface area contributed by atoms with Crippen molar-refractivity contribution in [2.24, 2.45) is 7.05 Å². The molecule has 3 aromatic rings. The maximum atomic E-state index is 13.5. The fourth-order valence-corrected chi connectivity index (χ4v) is 5.70. The number of piperazine rings is 1. The Labute approximate surface area is 219 Å². The summed E-state index contributed by atoms with van der Waals surface area (Å²) in [6.45, 7) is 10.0. The second kappa shape index (κ2) is 9.84. The van der Waals surface area contributed by atoms with Gasteiger partial charge in [-0.1, -0.05) is 6.07 Å². The largest absolute Gasteiger partial charge is 0.497 e. The van der Waals surface area contributed by atoms with E-state index in [1.54, 1.807) is 18.9 Å². The Morgan fingerprint density at radius 2 is 2.03 bits per heavy atom. The first-order valence-electron chi connectivity index (χ1n) is 12.8. The van der Waals surface area contributed by atoms with Gasteiger partial charge >= 0.3 is 0 Å². The molecular formula is C29H37N5O3. The van der Waals surface area contributed by atoms with Crippen LogP contribution in [0, 0.1) is 6.92 Å². The Bertz CT molecular complexity index is 1300. The second-order valence-corrected chi connectivity index (χ2v) is 10.5. The lowest BCUT2D eigenvalue weighted by Crippen LogP contribution is -2.86. The van der Waals surface area contributed by atoms with E-state index in [0.717, 1.165) is 59.9 Å². The lowest BCUT2D eigenvalue weighted by atomic mass is 9.71. The van der Waals surface area contributed by atoms with Gasteiger partial charge in [-0.05, 0) is 67.8 Å². The molecule has 1 N–H and O–H groups in total. The fourth-order valence-electron chi connectivity index (χ4n) is 5.70. The highest BCUT2D eigenvalue weighted by atomic mass is 16.5. The average Bonchev–Trinajstić information content (AvgIpc) is 3.33. The van der Waals surface area contributed by atoms with Crippen LogP contribution in [0.15, 0.2) is 48.8 Å². The molecule has 8 heteroatoms. The molecule has 1 amide bonds. The molecule has 3 atom stereocenters. The fraction of sp³-hybridized carbons (Fsp3) is 0.448. The molecule has 2 aliphatic rings. The molecule has 0 saturated carbocycles. The Kier molecular flexibility index (Phi) is 6.72. The summed E-state index contributed by atoms with van der Waals surface area (Å²) in [7, 11) is 5.30. The van der Waals surface area contributed by atoms with Crippen LogP contribution in [0.5, 0.6) is 5.75 Å². The SMILES string of the molecule is COCCN1CC2(C)C1CN2c1ccc(C)c(C(=O)NC(C)c2cc(OC)cc(-c3cnn(C)c3)c2)c1. The number of ether oxygens (including phenoxy) is 2. The van der Waals surface area contributed by atoms with Crippen molar-refractivity contribution >= 4 is 11.6 Å². The normalized spacial score (nSPS) is 21.6. The van der Waals surface area contributed by atoms with Crippen molar-refractivity contribution in [1.82, 2.24) is 20.0 Å². The van der Waals surface area contributed by atoms with Gasteiger partial charge in [0.1, 0.15) is 5.75 Å². The minimum absolute atomic E-state index is 0.0739. The topological polar surface area (TPSA) is 71.9 Å². The minimum Gasteiger partial charge on any atom is -0.497 e. The molecule has 0 spiro atoms. The van der Waals surface area contributed by atoms with Crippen LogP contribution in [-0.2, 0) is 11.8 Å². The molecule has 1 aromatic heterocycles. The van der Waals surface area contributed by atoms with Gasteiger partial charge in [0, 0.05) is 56.8 Å². The van der Waals surface area contributed by atoms with Crippen LogP contribution in [0.3, 0.4) is 0 Å². The van der Waals surface area contributed by atoms with E-state index in [9.17, 15) is 4.79 Å². The number of hydrogen-bond donors (Lipinski definition) is 1. The number of nitrogens with zero attached hydrogens (tertiary/aromatic N) is 4. The molecule has 3 heterocycles. The van der Waals surface area contributed by atoms with Crippen molar-refractivity contribution in [3.8, 4) is 16.9 Å². The van der Waals surface area contributed by atoms with Gasteiger partial charge in [-0.3, -0.25) is 14.4 Å². The standard InChI is InChI=1S/C29H37N5O3/c1-19-7-8-24(34-17-27-29(34,3)18-33(27)9-10-36-5)14-26(19)28(35)31-20(2)21-11-22(13-25(12-21)37-6)23-15-30-32(4)16-23/h7-8,11-16,20,27H,9-10,17-18H2,1-6H3,(H,31,35). The van der Waals surface area contributed by atoms with Gasteiger partial charge in [0.15, 0.2) is 0 Å². The molecule has 196 valence electrons. The zero-order valence-corrected chi connectivity index (χ0v) is 22.6. The van der Waals surface area contributed by atoms with Crippen molar-refractivity contribution in [2.75, 3.05) is 45.4 Å². The highest BCUT2D eigenvalue weighted by Gasteiger charge is 2.60. The molecule has 2 saturated heterocycles. The number of methoxy groups -OCH3 is 2. The van der Waals surface area contributed by atoms with Gasteiger partial charge in [0.05, 0.1) is 37.5 Å². The Morgan fingerprint density at radius 3 is 2.68 bits per heavy atom. The van der Waals surface area contributed by atoms with Crippen LogP contribution >= 0.6 is 0 Å². The predicted octanol–water partition coefficient (Wildman–Crippen LogP) is 3.80. The van der Waals surface area contributed by atoms with E-state index < -0.39 is 0 Å². The molecule has 8 nitrogen and oxygen atoms in total. The van der Waals surface area contributed by atoms with Gasteiger partial charge < -0.3 is 19.7 Å². The van der Waals surface area contributed by atoms with Crippen LogP contribution < -0.4 is 15.0 Å². The number of hydrogen-bond acceptors (Lipinski definition) is 6. The van der Waals surface area contributed by atoms with Crippen LogP contribution in [-0.4, -0.2) is 72.6 Å². The van der Waals surface area contributed by atoms with E-state index in [0.29, 0.717) is 11.6 Å². The maximum absolute atomic E-state index is 13.5. The third-order valence-electron chi connectivity index (χ3n) is 8.06. The lowest BCUT2D eigenvalue weighted by molar-refractivity contribution is -0.0641. The van der Waals surface area contributed by atoms with Crippen molar-refractivity contribution in [2.45, 2.75) is 38.4 Å². The van der Waals surface area contributed by atoms with E-state index >= 15 is 0 Å². The van der Waals surface area contributed by atoms with Gasteiger partial charge in [0.2, 0.25) is 0 Å². The quantitative estimate of drug-likeness (QED) is 0.479. The van der Waals surface area contributed by atoms with E-state index in [2.05, 4.69) is 45.3 Å². The molecule has 0 aliphatic carbocycles.